The van der Waals surface area contributed by atoms with Gasteiger partial charge in [0.05, 0.1) is 0 Å². The first-order chi connectivity index (χ1) is 12.7. The third-order valence-electron chi connectivity index (χ3n) is 5.39. The molecule has 2 aromatic carbocycles. The highest BCUT2D eigenvalue weighted by atomic mass is 15.4. The molecule has 0 amide bonds. The van der Waals surface area contributed by atoms with Gasteiger partial charge in [-0.1, -0.05) is 102 Å². The monoisotopic (exact) mass is 362 g/mol. The summed E-state index contributed by atoms with van der Waals surface area (Å²) in [6.45, 7) is 19.8. The molecule has 2 nitrogen and oxygen atoms in total. The van der Waals surface area contributed by atoms with Crippen molar-refractivity contribution in [2.45, 2.75) is 66.7 Å². The van der Waals surface area contributed by atoms with Crippen LogP contribution in [0.5, 0.6) is 0 Å². The van der Waals surface area contributed by atoms with Gasteiger partial charge in [-0.05, 0) is 22.0 Å². The summed E-state index contributed by atoms with van der Waals surface area (Å²) in [6.07, 6.45) is 0. The molecule has 1 saturated heterocycles. The minimum absolute atomic E-state index is 0.158. The first-order valence-corrected chi connectivity index (χ1v) is 10.0. The van der Waals surface area contributed by atoms with Crippen LogP contribution in [0.15, 0.2) is 60.7 Å². The summed E-state index contributed by atoms with van der Waals surface area (Å²) in [7, 11) is 0. The van der Waals surface area contributed by atoms with Crippen molar-refractivity contribution in [3.63, 3.8) is 0 Å². The van der Waals surface area contributed by atoms with Crippen LogP contribution >= 0.6 is 0 Å². The van der Waals surface area contributed by atoms with Crippen molar-refractivity contribution in [3.05, 3.63) is 78.5 Å². The number of nitrogens with zero attached hydrogens (tertiary/aromatic N) is 2. The molecule has 2 heteroatoms. The Bertz CT molecular complexity index is 646. The Morgan fingerprint density at radius 2 is 0.963 bits per heavy atom. The Morgan fingerprint density at radius 3 is 1.26 bits per heavy atom. The average Bonchev–Trinajstić information content (AvgIpc) is 2.95. The maximum absolute atomic E-state index is 3.77. The van der Waals surface area contributed by atoms with Gasteiger partial charge in [0.2, 0.25) is 0 Å². The molecule has 0 saturated carbocycles. The van der Waals surface area contributed by atoms with Crippen molar-refractivity contribution < 1.29 is 0 Å². The number of benzene rings is 2. The first-order valence-electron chi connectivity index (χ1n) is 10.0. The van der Waals surface area contributed by atoms with E-state index in [1.54, 1.807) is 0 Å². The highest BCUT2D eigenvalue weighted by Crippen LogP contribution is 2.44. The molecule has 2 atom stereocenters. The van der Waals surface area contributed by atoms with E-state index in [4.69, 9.17) is 0 Å². The van der Waals surface area contributed by atoms with Gasteiger partial charge in [0.1, 0.15) is 6.67 Å². The second-order valence-corrected chi connectivity index (χ2v) is 9.95. The number of hydrogen-bond donors (Lipinski definition) is 0. The second kappa shape index (κ2) is 7.77. The Hall–Kier alpha value is -1.64. The van der Waals surface area contributed by atoms with Crippen LogP contribution < -0.4 is 0 Å². The Morgan fingerprint density at radius 1 is 0.630 bits per heavy atom. The molecule has 0 N–H and O–H groups in total. The van der Waals surface area contributed by atoms with E-state index < -0.39 is 0 Å². The first kappa shape index (κ1) is 20.1. The standard InChI is InChI=1S/C25H34N2/c1-24(2,3)22-23(25(4,5)6)27(18-21-15-11-8-12-16-21)19-26(22)17-20-13-9-7-10-14-20/h7-16,22-23H,17-18H2,1-6H3/t22-,23-/m0/s1. The SMILES string of the molecule is CC(C)(C)[C@@H]1[C@@H](C(C)(C)C)N(Cc2ccccc2)[C]N1Cc1ccccc1. The maximum Gasteiger partial charge on any atom is 0.147 e. The van der Waals surface area contributed by atoms with Gasteiger partial charge in [-0.3, -0.25) is 9.80 Å². The van der Waals surface area contributed by atoms with Gasteiger partial charge in [-0.25, -0.2) is 0 Å². The lowest BCUT2D eigenvalue weighted by Gasteiger charge is -2.44. The van der Waals surface area contributed by atoms with Crippen molar-refractivity contribution in [1.29, 1.82) is 0 Å². The smallest absolute Gasteiger partial charge is 0.147 e. The zero-order valence-electron chi connectivity index (χ0n) is 17.7. The van der Waals surface area contributed by atoms with E-state index >= 15 is 0 Å². The second-order valence-electron chi connectivity index (χ2n) is 9.95. The maximum atomic E-state index is 3.77. The van der Waals surface area contributed by atoms with Crippen LogP contribution in [0, 0.1) is 17.5 Å². The molecule has 2 radical (unpaired) electrons. The van der Waals surface area contributed by atoms with Gasteiger partial charge in [-0.15, -0.1) is 0 Å². The minimum Gasteiger partial charge on any atom is -0.270 e. The third kappa shape index (κ3) is 4.80. The normalized spacial score (nSPS) is 22.3. The fraction of sp³-hybridized carbons (Fsp3) is 0.480. The lowest BCUT2D eigenvalue weighted by atomic mass is 9.72. The van der Waals surface area contributed by atoms with Crippen LogP contribution in [0.2, 0.25) is 0 Å². The Balaban J connectivity index is 1.93. The molecule has 27 heavy (non-hydrogen) atoms. The molecule has 0 aliphatic carbocycles. The summed E-state index contributed by atoms with van der Waals surface area (Å²) < 4.78 is 0. The lowest BCUT2D eigenvalue weighted by Crippen LogP contribution is -2.51. The predicted molar refractivity (Wildman–Crippen MR) is 114 cm³/mol. The molecular weight excluding hydrogens is 328 g/mol. The van der Waals surface area contributed by atoms with E-state index in [0.29, 0.717) is 12.1 Å². The molecule has 0 aromatic heterocycles. The molecule has 1 heterocycles. The van der Waals surface area contributed by atoms with Gasteiger partial charge in [0, 0.05) is 25.2 Å². The van der Waals surface area contributed by atoms with Crippen LogP contribution in [0.3, 0.4) is 0 Å². The zero-order chi connectivity index (χ0) is 19.7. The van der Waals surface area contributed by atoms with E-state index in [1.165, 1.54) is 11.1 Å². The molecule has 1 fully saturated rings. The van der Waals surface area contributed by atoms with E-state index in [9.17, 15) is 0 Å². The van der Waals surface area contributed by atoms with E-state index in [1.807, 2.05) is 0 Å². The van der Waals surface area contributed by atoms with Gasteiger partial charge >= 0.3 is 0 Å². The van der Waals surface area contributed by atoms with Crippen molar-refractivity contribution in [2.24, 2.45) is 10.8 Å². The number of rotatable bonds is 4. The quantitative estimate of drug-likeness (QED) is 0.675. The van der Waals surface area contributed by atoms with Crippen LogP contribution in [-0.2, 0) is 13.1 Å². The average molecular weight is 363 g/mol. The highest BCUT2D eigenvalue weighted by molar-refractivity contribution is 5.19. The molecular formula is C25H34N2. The Kier molecular flexibility index (Phi) is 5.79. The minimum atomic E-state index is 0.158. The molecule has 0 bridgehead atoms. The molecule has 1 aliphatic rings. The van der Waals surface area contributed by atoms with Crippen molar-refractivity contribution in [2.75, 3.05) is 0 Å². The summed E-state index contributed by atoms with van der Waals surface area (Å²) in [6, 6.07) is 22.3. The fourth-order valence-electron chi connectivity index (χ4n) is 4.34. The fourth-order valence-corrected chi connectivity index (χ4v) is 4.34. The van der Waals surface area contributed by atoms with Crippen LogP contribution in [0.4, 0.5) is 0 Å². The summed E-state index contributed by atoms with van der Waals surface area (Å²) in [5, 5.41) is 0. The Labute approximate surface area is 166 Å². The topological polar surface area (TPSA) is 6.48 Å². The molecule has 1 aliphatic heterocycles. The van der Waals surface area contributed by atoms with Gasteiger partial charge in [0.25, 0.3) is 0 Å². The van der Waals surface area contributed by atoms with Gasteiger partial charge in [0.15, 0.2) is 0 Å². The van der Waals surface area contributed by atoms with Gasteiger partial charge in [-0.2, -0.15) is 0 Å². The molecule has 0 spiro atoms. The van der Waals surface area contributed by atoms with E-state index in [-0.39, 0.29) is 10.8 Å². The predicted octanol–water partition coefficient (Wildman–Crippen LogP) is 5.83. The summed E-state index contributed by atoms with van der Waals surface area (Å²) in [4.78, 5) is 4.91. The van der Waals surface area contributed by atoms with Crippen molar-refractivity contribution in [3.8, 4) is 0 Å². The summed E-state index contributed by atoms with van der Waals surface area (Å²) in [5.41, 5.74) is 3.00. The summed E-state index contributed by atoms with van der Waals surface area (Å²) in [5.74, 6) is 0. The highest BCUT2D eigenvalue weighted by Gasteiger charge is 2.51. The van der Waals surface area contributed by atoms with Crippen molar-refractivity contribution in [1.82, 2.24) is 9.80 Å². The third-order valence-corrected chi connectivity index (χ3v) is 5.39. The van der Waals surface area contributed by atoms with Crippen molar-refractivity contribution >= 4 is 0 Å². The zero-order valence-corrected chi connectivity index (χ0v) is 17.7. The molecule has 2 aromatic rings. The van der Waals surface area contributed by atoms with E-state index in [2.05, 4.69) is 119 Å². The van der Waals surface area contributed by atoms with Crippen LogP contribution in [0.1, 0.15) is 52.7 Å². The van der Waals surface area contributed by atoms with E-state index in [0.717, 1.165) is 13.1 Å². The van der Waals surface area contributed by atoms with Crippen LogP contribution in [0.25, 0.3) is 0 Å². The van der Waals surface area contributed by atoms with Crippen LogP contribution in [-0.4, -0.2) is 21.9 Å². The summed E-state index contributed by atoms with van der Waals surface area (Å²) >= 11 is 0. The number of hydrogen-bond acceptors (Lipinski definition) is 2. The molecule has 3 rings (SSSR count). The van der Waals surface area contributed by atoms with Gasteiger partial charge < -0.3 is 0 Å². The molecule has 144 valence electrons. The molecule has 0 unspecified atom stereocenters. The largest absolute Gasteiger partial charge is 0.270 e. The lowest BCUT2D eigenvalue weighted by molar-refractivity contribution is 0.0715.